The van der Waals surface area contributed by atoms with E-state index in [0.29, 0.717) is 25.0 Å². The van der Waals surface area contributed by atoms with Gasteiger partial charge in [-0.2, -0.15) is 0 Å². The molecule has 1 rings (SSSR count). The summed E-state index contributed by atoms with van der Waals surface area (Å²) in [6.45, 7) is 9.03. The summed E-state index contributed by atoms with van der Waals surface area (Å²) in [5.74, 6) is 1.13. The Morgan fingerprint density at radius 2 is 2.10 bits per heavy atom. The molecule has 1 aromatic heterocycles. The number of nitrogens with zero attached hydrogens (tertiary/aromatic N) is 2. The number of allylic oxidation sites excluding steroid dienone is 1. The molecule has 2 atom stereocenters. The Kier molecular flexibility index (Phi) is 7.77. The van der Waals surface area contributed by atoms with E-state index in [1.807, 2.05) is 6.08 Å². The zero-order valence-electron chi connectivity index (χ0n) is 12.6. The largest absolute Gasteiger partial charge is 0.377 e. The van der Waals surface area contributed by atoms with Crippen molar-refractivity contribution in [2.45, 2.75) is 33.0 Å². The Labute approximate surface area is 121 Å². The molecule has 0 fully saturated rings. The third-order valence-electron chi connectivity index (χ3n) is 2.92. The summed E-state index contributed by atoms with van der Waals surface area (Å²) in [6.07, 6.45) is 8.52. The topological polar surface area (TPSA) is 44.2 Å². The lowest BCUT2D eigenvalue weighted by molar-refractivity contribution is 0.124. The average Bonchev–Trinajstić information content (AvgIpc) is 2.45. The molecule has 110 valence electrons. The number of rotatable bonds is 9. The van der Waals surface area contributed by atoms with E-state index >= 15 is 0 Å². The highest BCUT2D eigenvalue weighted by molar-refractivity contribution is 5.02. The summed E-state index contributed by atoms with van der Waals surface area (Å²) >= 11 is 0. The van der Waals surface area contributed by atoms with E-state index in [4.69, 9.17) is 9.47 Å². The fourth-order valence-electron chi connectivity index (χ4n) is 1.96. The van der Waals surface area contributed by atoms with Crippen LogP contribution in [0.1, 0.15) is 26.1 Å². The standard InChI is InChI=1S/C16H24N2O2/c1-5-15(19-4)10-13(2)9-14(3)11-20-12-16-17-7-6-8-18-16/h5-9,13,15H,1,10-12H2,2-4H3/b14-9-/t13-,15?/m1/s1. The van der Waals surface area contributed by atoms with Gasteiger partial charge in [-0.25, -0.2) is 9.97 Å². The maximum absolute atomic E-state index is 5.60. The highest BCUT2D eigenvalue weighted by atomic mass is 16.5. The van der Waals surface area contributed by atoms with Crippen molar-refractivity contribution in [2.75, 3.05) is 13.7 Å². The second-order valence-electron chi connectivity index (χ2n) is 4.89. The highest BCUT2D eigenvalue weighted by Crippen LogP contribution is 2.13. The van der Waals surface area contributed by atoms with Gasteiger partial charge in [-0.3, -0.25) is 0 Å². The first-order valence-electron chi connectivity index (χ1n) is 6.82. The summed E-state index contributed by atoms with van der Waals surface area (Å²) in [4.78, 5) is 8.23. The van der Waals surface area contributed by atoms with Crippen LogP contribution in [0.3, 0.4) is 0 Å². The minimum absolute atomic E-state index is 0.104. The van der Waals surface area contributed by atoms with Crippen LogP contribution in [0.15, 0.2) is 42.8 Å². The fraction of sp³-hybridized carbons (Fsp3) is 0.500. The summed E-state index contributed by atoms with van der Waals surface area (Å²) in [6, 6.07) is 1.79. The van der Waals surface area contributed by atoms with Crippen molar-refractivity contribution in [3.05, 3.63) is 48.6 Å². The Morgan fingerprint density at radius 1 is 1.40 bits per heavy atom. The fourth-order valence-corrected chi connectivity index (χ4v) is 1.96. The van der Waals surface area contributed by atoms with Gasteiger partial charge in [-0.15, -0.1) is 6.58 Å². The average molecular weight is 276 g/mol. The van der Waals surface area contributed by atoms with Gasteiger partial charge in [-0.1, -0.05) is 24.6 Å². The van der Waals surface area contributed by atoms with Crippen LogP contribution in [0.4, 0.5) is 0 Å². The van der Waals surface area contributed by atoms with Crippen LogP contribution in [0.5, 0.6) is 0 Å². The van der Waals surface area contributed by atoms with Crippen molar-refractivity contribution in [3.63, 3.8) is 0 Å². The maximum atomic E-state index is 5.60. The molecule has 0 saturated carbocycles. The van der Waals surface area contributed by atoms with E-state index in [0.717, 1.165) is 6.42 Å². The van der Waals surface area contributed by atoms with Crippen LogP contribution in [-0.2, 0) is 16.1 Å². The molecular weight excluding hydrogens is 252 g/mol. The molecule has 4 nitrogen and oxygen atoms in total. The van der Waals surface area contributed by atoms with Crippen LogP contribution in [-0.4, -0.2) is 29.8 Å². The molecule has 0 aliphatic carbocycles. The first-order valence-corrected chi connectivity index (χ1v) is 6.82. The van der Waals surface area contributed by atoms with Crippen LogP contribution >= 0.6 is 0 Å². The lowest BCUT2D eigenvalue weighted by Crippen LogP contribution is -2.11. The van der Waals surface area contributed by atoms with Crippen molar-refractivity contribution in [1.29, 1.82) is 0 Å². The Bertz CT molecular complexity index is 418. The van der Waals surface area contributed by atoms with Crippen molar-refractivity contribution in [1.82, 2.24) is 9.97 Å². The van der Waals surface area contributed by atoms with Gasteiger partial charge in [-0.05, 0) is 25.3 Å². The number of hydrogen-bond donors (Lipinski definition) is 0. The summed E-state index contributed by atoms with van der Waals surface area (Å²) < 4.78 is 10.9. The number of hydrogen-bond acceptors (Lipinski definition) is 4. The van der Waals surface area contributed by atoms with E-state index < -0.39 is 0 Å². The molecule has 1 heterocycles. The van der Waals surface area contributed by atoms with Gasteiger partial charge in [0.2, 0.25) is 0 Å². The molecule has 0 aliphatic rings. The molecule has 0 saturated heterocycles. The molecule has 4 heteroatoms. The third kappa shape index (κ3) is 6.59. The Hall–Kier alpha value is -1.52. The number of ether oxygens (including phenoxy) is 2. The van der Waals surface area contributed by atoms with Crippen molar-refractivity contribution in [2.24, 2.45) is 5.92 Å². The van der Waals surface area contributed by atoms with E-state index in [1.54, 1.807) is 25.6 Å². The Morgan fingerprint density at radius 3 is 2.70 bits per heavy atom. The SMILES string of the molecule is C=CC(C[C@H](C)/C=C(/C)COCc1ncccn1)OC. The first-order chi connectivity index (χ1) is 9.65. The zero-order valence-corrected chi connectivity index (χ0v) is 12.6. The molecule has 0 aromatic carbocycles. The molecule has 1 unspecified atom stereocenters. The molecule has 20 heavy (non-hydrogen) atoms. The monoisotopic (exact) mass is 276 g/mol. The van der Waals surface area contributed by atoms with E-state index in [-0.39, 0.29) is 6.10 Å². The summed E-state index contributed by atoms with van der Waals surface area (Å²) in [5, 5.41) is 0. The van der Waals surface area contributed by atoms with Crippen LogP contribution in [0.2, 0.25) is 0 Å². The maximum Gasteiger partial charge on any atom is 0.153 e. The third-order valence-corrected chi connectivity index (χ3v) is 2.92. The quantitative estimate of drug-likeness (QED) is 0.650. The van der Waals surface area contributed by atoms with Crippen molar-refractivity contribution in [3.8, 4) is 0 Å². The molecule has 0 radical (unpaired) electrons. The van der Waals surface area contributed by atoms with E-state index in [2.05, 4.69) is 36.5 Å². The predicted octanol–water partition coefficient (Wildman–Crippen LogP) is 3.17. The van der Waals surface area contributed by atoms with Gasteiger partial charge in [0.1, 0.15) is 6.61 Å². The lowest BCUT2D eigenvalue weighted by atomic mass is 10.0. The molecule has 0 N–H and O–H groups in total. The van der Waals surface area contributed by atoms with E-state index in [1.165, 1.54) is 5.57 Å². The molecule has 0 bridgehead atoms. The second-order valence-corrected chi connectivity index (χ2v) is 4.89. The van der Waals surface area contributed by atoms with Crippen molar-refractivity contribution < 1.29 is 9.47 Å². The summed E-state index contributed by atoms with van der Waals surface area (Å²) in [5.41, 5.74) is 1.20. The van der Waals surface area contributed by atoms with Gasteiger partial charge in [0, 0.05) is 19.5 Å². The van der Waals surface area contributed by atoms with Gasteiger partial charge in [0.05, 0.1) is 12.7 Å². The molecule has 1 aromatic rings. The smallest absolute Gasteiger partial charge is 0.153 e. The molecule has 0 spiro atoms. The lowest BCUT2D eigenvalue weighted by Gasteiger charge is -2.14. The van der Waals surface area contributed by atoms with Gasteiger partial charge in [0.15, 0.2) is 5.82 Å². The van der Waals surface area contributed by atoms with Crippen molar-refractivity contribution >= 4 is 0 Å². The minimum Gasteiger partial charge on any atom is -0.377 e. The van der Waals surface area contributed by atoms with E-state index in [9.17, 15) is 0 Å². The zero-order chi connectivity index (χ0) is 14.8. The van der Waals surface area contributed by atoms with Gasteiger partial charge >= 0.3 is 0 Å². The first kappa shape index (κ1) is 16.5. The number of aromatic nitrogens is 2. The molecule has 0 amide bonds. The van der Waals surface area contributed by atoms with Crippen LogP contribution in [0, 0.1) is 5.92 Å². The van der Waals surface area contributed by atoms with Gasteiger partial charge < -0.3 is 9.47 Å². The Balaban J connectivity index is 2.32. The summed E-state index contributed by atoms with van der Waals surface area (Å²) in [7, 11) is 1.71. The normalized spacial score (nSPS) is 14.8. The van der Waals surface area contributed by atoms with Crippen LogP contribution < -0.4 is 0 Å². The molecular formula is C16H24N2O2. The molecule has 0 aliphatic heterocycles. The second kappa shape index (κ2) is 9.39. The number of methoxy groups -OCH3 is 1. The van der Waals surface area contributed by atoms with Crippen LogP contribution in [0.25, 0.3) is 0 Å². The van der Waals surface area contributed by atoms with Gasteiger partial charge in [0.25, 0.3) is 0 Å². The predicted molar refractivity (Wildman–Crippen MR) is 80.2 cm³/mol. The highest BCUT2D eigenvalue weighted by Gasteiger charge is 2.07. The minimum atomic E-state index is 0.104.